The third-order valence-corrected chi connectivity index (χ3v) is 5.73. The van der Waals surface area contributed by atoms with Crippen LogP contribution in [0.2, 0.25) is 5.02 Å². The molecule has 4 aromatic rings. The van der Waals surface area contributed by atoms with Gasteiger partial charge in [-0.25, -0.2) is 9.97 Å². The van der Waals surface area contributed by atoms with E-state index in [-0.39, 0.29) is 11.7 Å². The second-order valence-corrected chi connectivity index (χ2v) is 8.33. The number of carbonyl (C=O) groups is 1. The van der Waals surface area contributed by atoms with Crippen LogP contribution in [-0.2, 0) is 4.79 Å². The van der Waals surface area contributed by atoms with Crippen molar-refractivity contribution in [2.75, 3.05) is 11.1 Å². The average Bonchev–Trinajstić information content (AvgIpc) is 3.26. The minimum absolute atomic E-state index is 0.0873. The van der Waals surface area contributed by atoms with E-state index in [0.717, 1.165) is 33.0 Å². The normalized spacial score (nSPS) is 11.0. The van der Waals surface area contributed by atoms with E-state index in [1.54, 1.807) is 17.4 Å². The quantitative estimate of drug-likeness (QED) is 0.430. The molecule has 0 saturated carbocycles. The Hall–Kier alpha value is -2.35. The number of aromatic amines is 1. The van der Waals surface area contributed by atoms with Gasteiger partial charge in [0.25, 0.3) is 0 Å². The number of H-pyrrole nitrogens is 1. The number of imidazole rings is 1. The largest absolute Gasteiger partial charge is 0.333 e. The van der Waals surface area contributed by atoms with Crippen molar-refractivity contribution in [2.24, 2.45) is 0 Å². The molecule has 0 aliphatic carbocycles. The molecule has 1 amide bonds. The highest BCUT2D eigenvalue weighted by Crippen LogP contribution is 2.24. The van der Waals surface area contributed by atoms with E-state index in [2.05, 4.69) is 20.3 Å². The fraction of sp³-hybridized carbons (Fsp3) is 0.105. The maximum atomic E-state index is 12.2. The highest BCUT2D eigenvalue weighted by molar-refractivity contribution is 7.99. The van der Waals surface area contributed by atoms with E-state index >= 15 is 0 Å². The number of fused-ring (bicyclic) bond motifs is 1. The van der Waals surface area contributed by atoms with Crippen molar-refractivity contribution in [2.45, 2.75) is 12.1 Å². The van der Waals surface area contributed by atoms with Gasteiger partial charge < -0.3 is 10.3 Å². The topological polar surface area (TPSA) is 70.7 Å². The molecular formula is C19H15ClN4OS2. The zero-order chi connectivity index (χ0) is 18.8. The van der Waals surface area contributed by atoms with Crippen LogP contribution in [0.1, 0.15) is 5.01 Å². The van der Waals surface area contributed by atoms with Crippen LogP contribution in [0, 0.1) is 6.92 Å². The lowest BCUT2D eigenvalue weighted by molar-refractivity contribution is -0.113. The highest BCUT2D eigenvalue weighted by Gasteiger charge is 2.09. The van der Waals surface area contributed by atoms with E-state index in [0.29, 0.717) is 10.2 Å². The number of nitrogens with zero attached hydrogens (tertiary/aromatic N) is 2. The maximum Gasteiger partial charge on any atom is 0.234 e. The number of carbonyl (C=O) groups excluding carboxylic acids is 1. The monoisotopic (exact) mass is 414 g/mol. The molecule has 136 valence electrons. The SMILES string of the molecule is Cc1nc(-c2ccc(NC(=O)CSc3nc4ccc(Cl)cc4[nH]3)cc2)cs1. The fourth-order valence-electron chi connectivity index (χ4n) is 2.58. The van der Waals surface area contributed by atoms with Gasteiger partial charge in [-0.15, -0.1) is 11.3 Å². The molecule has 8 heteroatoms. The number of benzene rings is 2. The van der Waals surface area contributed by atoms with Gasteiger partial charge in [-0.3, -0.25) is 4.79 Å². The van der Waals surface area contributed by atoms with Crippen LogP contribution < -0.4 is 5.32 Å². The van der Waals surface area contributed by atoms with Crippen LogP contribution >= 0.6 is 34.7 Å². The van der Waals surface area contributed by atoms with Gasteiger partial charge in [0.05, 0.1) is 27.5 Å². The summed E-state index contributed by atoms with van der Waals surface area (Å²) in [6.07, 6.45) is 0. The number of thioether (sulfide) groups is 1. The number of aromatic nitrogens is 3. The van der Waals surface area contributed by atoms with Crippen molar-refractivity contribution in [3.05, 3.63) is 57.9 Å². The number of thiazole rings is 1. The van der Waals surface area contributed by atoms with Crippen molar-refractivity contribution < 1.29 is 4.79 Å². The number of rotatable bonds is 5. The van der Waals surface area contributed by atoms with Crippen molar-refractivity contribution in [3.8, 4) is 11.3 Å². The molecule has 0 unspecified atom stereocenters. The standard InChI is InChI=1S/C19H15ClN4OS2/c1-11-21-17(9-26-11)12-2-5-14(6-3-12)22-18(25)10-27-19-23-15-7-4-13(20)8-16(15)24-19/h2-9H,10H2,1H3,(H,22,25)(H,23,24). The number of anilines is 1. The predicted octanol–water partition coefficient (Wildman–Crippen LogP) is 5.38. The lowest BCUT2D eigenvalue weighted by atomic mass is 10.1. The summed E-state index contributed by atoms with van der Waals surface area (Å²) in [5, 5.41) is 7.30. The molecule has 27 heavy (non-hydrogen) atoms. The number of hydrogen-bond acceptors (Lipinski definition) is 5. The lowest BCUT2D eigenvalue weighted by Gasteiger charge is -2.05. The summed E-state index contributed by atoms with van der Waals surface area (Å²) in [6.45, 7) is 1.98. The maximum absolute atomic E-state index is 12.2. The van der Waals surface area contributed by atoms with Crippen LogP contribution in [0.25, 0.3) is 22.3 Å². The molecular weight excluding hydrogens is 400 g/mol. The van der Waals surface area contributed by atoms with Gasteiger partial charge in [-0.1, -0.05) is 35.5 Å². The Kier molecular flexibility index (Phi) is 5.15. The van der Waals surface area contributed by atoms with Gasteiger partial charge in [-0.05, 0) is 37.3 Å². The molecule has 5 nitrogen and oxygen atoms in total. The van der Waals surface area contributed by atoms with E-state index < -0.39 is 0 Å². The Morgan fingerprint density at radius 2 is 2.04 bits per heavy atom. The summed E-state index contributed by atoms with van der Waals surface area (Å²) in [6, 6.07) is 13.2. The Balaban J connectivity index is 1.35. The fourth-order valence-corrected chi connectivity index (χ4v) is 4.06. The van der Waals surface area contributed by atoms with Gasteiger partial charge >= 0.3 is 0 Å². The second-order valence-electron chi connectivity index (χ2n) is 5.87. The lowest BCUT2D eigenvalue weighted by Crippen LogP contribution is -2.14. The molecule has 2 N–H and O–H groups in total. The Morgan fingerprint density at radius 1 is 1.22 bits per heavy atom. The van der Waals surface area contributed by atoms with Gasteiger partial charge in [0.15, 0.2) is 5.16 Å². The van der Waals surface area contributed by atoms with Crippen LogP contribution in [-0.4, -0.2) is 26.6 Å². The molecule has 0 atom stereocenters. The van der Waals surface area contributed by atoms with Crippen molar-refractivity contribution in [1.29, 1.82) is 0 Å². The van der Waals surface area contributed by atoms with E-state index in [9.17, 15) is 4.79 Å². The zero-order valence-electron chi connectivity index (χ0n) is 14.3. The second kappa shape index (κ2) is 7.72. The number of amides is 1. The Bertz CT molecular complexity index is 1100. The first kappa shape index (κ1) is 18.0. The molecule has 0 aliphatic heterocycles. The minimum atomic E-state index is -0.0873. The third-order valence-electron chi connectivity index (χ3n) is 3.85. The van der Waals surface area contributed by atoms with Gasteiger partial charge in [-0.2, -0.15) is 0 Å². The molecule has 0 aliphatic rings. The van der Waals surface area contributed by atoms with Gasteiger partial charge in [0.1, 0.15) is 0 Å². The first-order chi connectivity index (χ1) is 13.1. The third kappa shape index (κ3) is 4.32. The molecule has 2 aromatic carbocycles. The van der Waals surface area contributed by atoms with E-state index in [1.165, 1.54) is 11.8 Å². The summed E-state index contributed by atoms with van der Waals surface area (Å²) in [5.74, 6) is 0.177. The Labute approximate surface area is 169 Å². The minimum Gasteiger partial charge on any atom is -0.333 e. The van der Waals surface area contributed by atoms with Crippen LogP contribution in [0.5, 0.6) is 0 Å². The summed E-state index contributed by atoms with van der Waals surface area (Å²) in [5.41, 5.74) is 4.43. The molecule has 2 aromatic heterocycles. The summed E-state index contributed by atoms with van der Waals surface area (Å²) in [7, 11) is 0. The van der Waals surface area contributed by atoms with Crippen molar-refractivity contribution in [1.82, 2.24) is 15.0 Å². The molecule has 2 heterocycles. The molecule has 0 fully saturated rings. The number of nitrogens with one attached hydrogen (secondary N) is 2. The number of aryl methyl sites for hydroxylation is 1. The average molecular weight is 415 g/mol. The summed E-state index contributed by atoms with van der Waals surface area (Å²) >= 11 is 8.95. The smallest absolute Gasteiger partial charge is 0.234 e. The first-order valence-electron chi connectivity index (χ1n) is 8.17. The van der Waals surface area contributed by atoms with Crippen molar-refractivity contribution >= 4 is 57.3 Å². The number of halogens is 1. The number of hydrogen-bond donors (Lipinski definition) is 2. The zero-order valence-corrected chi connectivity index (χ0v) is 16.7. The van der Waals surface area contributed by atoms with Gasteiger partial charge in [0.2, 0.25) is 5.91 Å². The van der Waals surface area contributed by atoms with Crippen LogP contribution in [0.15, 0.2) is 53.0 Å². The summed E-state index contributed by atoms with van der Waals surface area (Å²) in [4.78, 5) is 24.3. The summed E-state index contributed by atoms with van der Waals surface area (Å²) < 4.78 is 0. The molecule has 0 bridgehead atoms. The van der Waals surface area contributed by atoms with Gasteiger partial charge in [0, 0.05) is 21.7 Å². The van der Waals surface area contributed by atoms with Crippen LogP contribution in [0.4, 0.5) is 5.69 Å². The highest BCUT2D eigenvalue weighted by atomic mass is 35.5. The molecule has 0 saturated heterocycles. The predicted molar refractivity (Wildman–Crippen MR) is 113 cm³/mol. The van der Waals surface area contributed by atoms with Crippen molar-refractivity contribution in [3.63, 3.8) is 0 Å². The Morgan fingerprint density at radius 3 is 2.78 bits per heavy atom. The molecule has 4 rings (SSSR count). The van der Waals surface area contributed by atoms with Crippen LogP contribution in [0.3, 0.4) is 0 Å². The van der Waals surface area contributed by atoms with E-state index in [1.807, 2.05) is 48.7 Å². The molecule has 0 radical (unpaired) electrons. The molecule has 0 spiro atoms. The first-order valence-corrected chi connectivity index (χ1v) is 10.4. The van der Waals surface area contributed by atoms with E-state index in [4.69, 9.17) is 11.6 Å².